The Morgan fingerprint density at radius 2 is 2.07 bits per heavy atom. The van der Waals surface area contributed by atoms with Crippen molar-refractivity contribution in [3.05, 3.63) is 0 Å². The summed E-state index contributed by atoms with van der Waals surface area (Å²) >= 11 is 1.81. The Hall–Kier alpha value is -0.380. The Bertz CT molecular complexity index is 200. The lowest BCUT2D eigenvalue weighted by atomic mass is 10.1. The molecule has 0 bridgehead atoms. The first kappa shape index (κ1) is 14.6. The van der Waals surface area contributed by atoms with E-state index in [4.69, 9.17) is 5.73 Å². The van der Waals surface area contributed by atoms with E-state index in [2.05, 4.69) is 44.3 Å². The van der Waals surface area contributed by atoms with Gasteiger partial charge in [0.15, 0.2) is 5.96 Å². The van der Waals surface area contributed by atoms with Gasteiger partial charge in [-0.3, -0.25) is 4.99 Å². The average Bonchev–Trinajstić information content (AvgIpc) is 2.14. The highest BCUT2D eigenvalue weighted by molar-refractivity contribution is 7.99. The number of aliphatic imine (C=N–C) groups is 1. The van der Waals surface area contributed by atoms with E-state index in [9.17, 15) is 0 Å². The summed E-state index contributed by atoms with van der Waals surface area (Å²) < 4.78 is 0.171. The third-order valence-corrected chi connectivity index (χ3v) is 3.44. The topological polar surface area (TPSA) is 50.4 Å². The van der Waals surface area contributed by atoms with Crippen molar-refractivity contribution in [2.45, 2.75) is 38.9 Å². The van der Waals surface area contributed by atoms with Crippen LogP contribution in [0, 0.1) is 5.92 Å². The summed E-state index contributed by atoms with van der Waals surface area (Å²) in [7, 11) is 0. The quantitative estimate of drug-likeness (QED) is 0.543. The summed E-state index contributed by atoms with van der Waals surface area (Å²) in [4.78, 5) is 4.33. The van der Waals surface area contributed by atoms with Crippen LogP contribution < -0.4 is 11.1 Å². The highest BCUT2D eigenvalue weighted by Gasteiger charge is 2.14. The van der Waals surface area contributed by atoms with Gasteiger partial charge < -0.3 is 11.1 Å². The summed E-state index contributed by atoms with van der Waals surface area (Å²) in [6.45, 7) is 10.4. The second-order valence-corrected chi connectivity index (χ2v) is 6.29. The molecule has 0 aromatic rings. The van der Waals surface area contributed by atoms with Gasteiger partial charge in [-0.05, 0) is 32.4 Å². The van der Waals surface area contributed by atoms with E-state index in [0.717, 1.165) is 19.5 Å². The fourth-order valence-electron chi connectivity index (χ4n) is 0.885. The second kappa shape index (κ2) is 6.99. The first-order valence-corrected chi connectivity index (χ1v) is 6.69. The lowest BCUT2D eigenvalue weighted by Crippen LogP contribution is -2.34. The van der Waals surface area contributed by atoms with E-state index >= 15 is 0 Å². The second-order valence-electron chi connectivity index (χ2n) is 4.77. The molecule has 0 atom stereocenters. The zero-order valence-corrected chi connectivity index (χ0v) is 11.4. The molecule has 3 N–H and O–H groups in total. The van der Waals surface area contributed by atoms with Crippen molar-refractivity contribution in [3.63, 3.8) is 0 Å². The van der Waals surface area contributed by atoms with Crippen LogP contribution in [0.1, 0.15) is 34.1 Å². The maximum Gasteiger partial charge on any atom is 0.188 e. The Morgan fingerprint density at radius 1 is 1.47 bits per heavy atom. The largest absolute Gasteiger partial charge is 0.370 e. The molecule has 0 amide bonds. The summed E-state index contributed by atoms with van der Waals surface area (Å²) in [5.41, 5.74) is 5.75. The highest BCUT2D eigenvalue weighted by atomic mass is 32.2. The number of nitrogens with one attached hydrogen (secondary N) is 1. The predicted octanol–water partition coefficient (Wildman–Crippen LogP) is 2.08. The van der Waals surface area contributed by atoms with Crippen LogP contribution in [-0.4, -0.2) is 30.1 Å². The average molecular weight is 231 g/mol. The van der Waals surface area contributed by atoms with Crippen LogP contribution in [0.15, 0.2) is 4.99 Å². The molecule has 0 aromatic carbocycles. The van der Waals surface area contributed by atoms with E-state index in [1.54, 1.807) is 0 Å². The molecule has 15 heavy (non-hydrogen) atoms. The lowest BCUT2D eigenvalue weighted by molar-refractivity contribution is 0.576. The van der Waals surface area contributed by atoms with Crippen molar-refractivity contribution in [2.24, 2.45) is 16.6 Å². The molecule has 0 fully saturated rings. The fourth-order valence-corrected chi connectivity index (χ4v) is 1.08. The normalized spacial score (nSPS) is 13.3. The van der Waals surface area contributed by atoms with Gasteiger partial charge in [0.1, 0.15) is 0 Å². The molecule has 0 saturated heterocycles. The minimum Gasteiger partial charge on any atom is -0.370 e. The summed E-state index contributed by atoms with van der Waals surface area (Å²) in [5.74, 6) is 1.27. The van der Waals surface area contributed by atoms with Gasteiger partial charge in [0, 0.05) is 11.3 Å². The molecule has 0 saturated carbocycles. The molecule has 0 heterocycles. The van der Waals surface area contributed by atoms with Crippen molar-refractivity contribution >= 4 is 17.7 Å². The Kier molecular flexibility index (Phi) is 6.81. The van der Waals surface area contributed by atoms with Crippen LogP contribution in [0.4, 0.5) is 0 Å². The highest BCUT2D eigenvalue weighted by Crippen LogP contribution is 2.20. The first-order chi connectivity index (χ1) is 6.87. The smallest absolute Gasteiger partial charge is 0.188 e. The molecule has 0 rings (SSSR count). The van der Waals surface area contributed by atoms with Gasteiger partial charge in [0.2, 0.25) is 0 Å². The van der Waals surface area contributed by atoms with E-state index in [-0.39, 0.29) is 4.75 Å². The van der Waals surface area contributed by atoms with E-state index < -0.39 is 0 Å². The molecule has 0 aliphatic heterocycles. The molecular formula is C11H25N3S. The maximum absolute atomic E-state index is 5.75. The third kappa shape index (κ3) is 8.60. The monoisotopic (exact) mass is 231 g/mol. The van der Waals surface area contributed by atoms with Crippen molar-refractivity contribution in [1.82, 2.24) is 5.32 Å². The van der Waals surface area contributed by atoms with Gasteiger partial charge in [-0.1, -0.05) is 13.8 Å². The van der Waals surface area contributed by atoms with Gasteiger partial charge >= 0.3 is 0 Å². The van der Waals surface area contributed by atoms with Gasteiger partial charge in [-0.15, -0.1) is 0 Å². The minimum absolute atomic E-state index is 0.171. The van der Waals surface area contributed by atoms with Crippen molar-refractivity contribution in [1.29, 1.82) is 0 Å². The summed E-state index contributed by atoms with van der Waals surface area (Å²) in [5, 5.41) is 3.13. The molecule has 0 aliphatic carbocycles. The molecule has 90 valence electrons. The van der Waals surface area contributed by atoms with Gasteiger partial charge in [-0.25, -0.2) is 0 Å². The van der Waals surface area contributed by atoms with Gasteiger partial charge in [-0.2, -0.15) is 11.8 Å². The van der Waals surface area contributed by atoms with Crippen LogP contribution in [0.25, 0.3) is 0 Å². The maximum atomic E-state index is 5.75. The molecule has 0 radical (unpaired) electrons. The number of guanidine groups is 1. The van der Waals surface area contributed by atoms with E-state index in [0.29, 0.717) is 11.9 Å². The SMILES string of the molecule is CSC(C)(C)CN=C(N)NCCC(C)C. The molecule has 0 aliphatic rings. The third-order valence-electron chi connectivity index (χ3n) is 2.21. The summed E-state index contributed by atoms with van der Waals surface area (Å²) in [6.07, 6.45) is 3.22. The fraction of sp³-hybridized carbons (Fsp3) is 0.909. The van der Waals surface area contributed by atoms with Crippen LogP contribution in [0.3, 0.4) is 0 Å². The molecule has 3 nitrogen and oxygen atoms in total. The Balaban J connectivity index is 3.79. The van der Waals surface area contributed by atoms with Crippen molar-refractivity contribution < 1.29 is 0 Å². The van der Waals surface area contributed by atoms with E-state index in [1.165, 1.54) is 0 Å². The lowest BCUT2D eigenvalue weighted by Gasteiger charge is -2.19. The first-order valence-electron chi connectivity index (χ1n) is 5.46. The molecular weight excluding hydrogens is 206 g/mol. The van der Waals surface area contributed by atoms with Crippen molar-refractivity contribution in [3.8, 4) is 0 Å². The Morgan fingerprint density at radius 3 is 2.53 bits per heavy atom. The standard InChI is InChI=1S/C11H25N3S/c1-9(2)6-7-13-10(12)14-8-11(3,4)15-5/h9H,6-8H2,1-5H3,(H3,12,13,14). The number of hydrogen-bond donors (Lipinski definition) is 2. The number of thioether (sulfide) groups is 1. The number of nitrogens with zero attached hydrogens (tertiary/aromatic N) is 1. The van der Waals surface area contributed by atoms with Gasteiger partial charge in [0.05, 0.1) is 6.54 Å². The van der Waals surface area contributed by atoms with Crippen LogP contribution in [-0.2, 0) is 0 Å². The molecule has 0 spiro atoms. The summed E-state index contributed by atoms with van der Waals surface area (Å²) in [6, 6.07) is 0. The molecule has 4 heteroatoms. The van der Waals surface area contributed by atoms with Crippen LogP contribution in [0.5, 0.6) is 0 Å². The predicted molar refractivity (Wildman–Crippen MR) is 71.5 cm³/mol. The molecule has 0 aromatic heterocycles. The Labute approximate surface area is 98.3 Å². The van der Waals surface area contributed by atoms with Crippen LogP contribution >= 0.6 is 11.8 Å². The zero-order chi connectivity index (χ0) is 11.9. The number of hydrogen-bond acceptors (Lipinski definition) is 2. The zero-order valence-electron chi connectivity index (χ0n) is 10.6. The van der Waals surface area contributed by atoms with Crippen LogP contribution in [0.2, 0.25) is 0 Å². The van der Waals surface area contributed by atoms with Crippen molar-refractivity contribution in [2.75, 3.05) is 19.3 Å². The minimum atomic E-state index is 0.171. The van der Waals surface area contributed by atoms with Gasteiger partial charge in [0.25, 0.3) is 0 Å². The molecule has 0 unspecified atom stereocenters. The number of nitrogens with two attached hydrogens (primary N) is 1. The van der Waals surface area contributed by atoms with E-state index in [1.807, 2.05) is 11.8 Å². The number of rotatable bonds is 6.